The van der Waals surface area contributed by atoms with Crippen LogP contribution in [0.4, 0.5) is 14.5 Å². The molecule has 1 aromatic carbocycles. The number of hydrogen-bond acceptors (Lipinski definition) is 7. The van der Waals surface area contributed by atoms with Gasteiger partial charge < -0.3 is 24.3 Å². The van der Waals surface area contributed by atoms with Gasteiger partial charge in [-0.05, 0) is 25.0 Å². The highest BCUT2D eigenvalue weighted by Gasteiger charge is 2.57. The van der Waals surface area contributed by atoms with Gasteiger partial charge in [-0.15, -0.1) is 0 Å². The molecular weight excluding hydrogens is 388 g/mol. The zero-order valence-corrected chi connectivity index (χ0v) is 16.5. The highest BCUT2D eigenvalue weighted by molar-refractivity contribution is 5.80. The second-order valence-electron chi connectivity index (χ2n) is 7.52. The summed E-state index contributed by atoms with van der Waals surface area (Å²) in [4.78, 5) is 25.1. The van der Waals surface area contributed by atoms with Crippen LogP contribution in [-0.4, -0.2) is 51.7 Å². The van der Waals surface area contributed by atoms with Crippen molar-refractivity contribution < 1.29 is 37.3 Å². The van der Waals surface area contributed by atoms with Gasteiger partial charge in [0.15, 0.2) is 5.79 Å². The lowest BCUT2D eigenvalue weighted by molar-refractivity contribution is -0.224. The van der Waals surface area contributed by atoms with Crippen LogP contribution in [-0.2, 0) is 28.5 Å². The fraction of sp³-hybridized carbons (Fsp3) is 0.600. The summed E-state index contributed by atoms with van der Waals surface area (Å²) in [5.74, 6) is -4.00. The third-order valence-corrected chi connectivity index (χ3v) is 5.56. The van der Waals surface area contributed by atoms with E-state index in [1.54, 1.807) is 0 Å². The van der Waals surface area contributed by atoms with Crippen LogP contribution in [0.5, 0.6) is 0 Å². The highest BCUT2D eigenvalue weighted by atomic mass is 19.1. The van der Waals surface area contributed by atoms with Crippen LogP contribution in [0.3, 0.4) is 0 Å². The smallest absolute Gasteiger partial charge is 0.312 e. The summed E-state index contributed by atoms with van der Waals surface area (Å²) in [6, 6.07) is 3.11. The lowest BCUT2D eigenvalue weighted by Gasteiger charge is -2.45. The quantitative estimate of drug-likeness (QED) is 0.718. The van der Waals surface area contributed by atoms with Crippen LogP contribution in [0.2, 0.25) is 0 Å². The Kier molecular flexibility index (Phi) is 6.38. The Morgan fingerprint density at radius 1 is 1.10 bits per heavy atom. The average Bonchev–Trinajstić information content (AvgIpc) is 3.12. The largest absolute Gasteiger partial charge is 0.469 e. The minimum absolute atomic E-state index is 0.208. The van der Waals surface area contributed by atoms with Crippen molar-refractivity contribution in [2.75, 3.05) is 39.3 Å². The number of benzene rings is 1. The first-order valence-electron chi connectivity index (χ1n) is 9.46. The van der Waals surface area contributed by atoms with Crippen LogP contribution in [0.15, 0.2) is 18.2 Å². The molecule has 0 bridgehead atoms. The Balaban J connectivity index is 1.81. The van der Waals surface area contributed by atoms with E-state index < -0.39 is 40.7 Å². The molecule has 1 aliphatic heterocycles. The van der Waals surface area contributed by atoms with Crippen molar-refractivity contribution in [3.8, 4) is 0 Å². The average molecular weight is 413 g/mol. The Morgan fingerprint density at radius 2 is 1.76 bits per heavy atom. The van der Waals surface area contributed by atoms with Gasteiger partial charge >= 0.3 is 11.9 Å². The van der Waals surface area contributed by atoms with E-state index in [0.29, 0.717) is 19.6 Å². The predicted octanol–water partition coefficient (Wildman–Crippen LogP) is 2.64. The SMILES string of the molecule is COC(=O)C1CC2(CC(CCNc3cc(F)cc(F)c3)(C(=O)OC)C1)OCCO2. The van der Waals surface area contributed by atoms with Crippen molar-refractivity contribution in [3.05, 3.63) is 29.8 Å². The molecule has 1 aromatic rings. The van der Waals surface area contributed by atoms with E-state index >= 15 is 0 Å². The van der Waals surface area contributed by atoms with E-state index in [1.165, 1.54) is 14.2 Å². The van der Waals surface area contributed by atoms with Gasteiger partial charge in [0.25, 0.3) is 0 Å². The third kappa shape index (κ3) is 4.67. The minimum atomic E-state index is -1.07. The van der Waals surface area contributed by atoms with Gasteiger partial charge in [-0.1, -0.05) is 0 Å². The van der Waals surface area contributed by atoms with Gasteiger partial charge in [-0.2, -0.15) is 0 Å². The zero-order valence-electron chi connectivity index (χ0n) is 16.5. The number of rotatable bonds is 6. The third-order valence-electron chi connectivity index (χ3n) is 5.56. The fourth-order valence-corrected chi connectivity index (χ4v) is 4.40. The topological polar surface area (TPSA) is 83.1 Å². The molecule has 1 saturated heterocycles. The van der Waals surface area contributed by atoms with Crippen LogP contribution in [0.25, 0.3) is 0 Å². The molecule has 160 valence electrons. The molecule has 0 amide bonds. The normalized spacial score (nSPS) is 25.6. The Hall–Kier alpha value is -2.26. The molecule has 1 heterocycles. The number of hydrogen-bond donors (Lipinski definition) is 1. The zero-order chi connectivity index (χ0) is 21.1. The molecule has 7 nitrogen and oxygen atoms in total. The number of carbonyl (C=O) groups excluding carboxylic acids is 2. The van der Waals surface area contributed by atoms with Gasteiger partial charge in [-0.25, -0.2) is 8.78 Å². The van der Waals surface area contributed by atoms with Crippen molar-refractivity contribution in [3.63, 3.8) is 0 Å². The predicted molar refractivity (Wildman–Crippen MR) is 97.9 cm³/mol. The number of nitrogens with one attached hydrogen (secondary N) is 1. The molecule has 1 saturated carbocycles. The minimum Gasteiger partial charge on any atom is -0.469 e. The maximum atomic E-state index is 13.4. The fourth-order valence-electron chi connectivity index (χ4n) is 4.40. The molecule has 1 N–H and O–H groups in total. The highest BCUT2D eigenvalue weighted by Crippen LogP contribution is 2.51. The second kappa shape index (κ2) is 8.62. The summed E-state index contributed by atoms with van der Waals surface area (Å²) >= 11 is 0. The monoisotopic (exact) mass is 413 g/mol. The molecule has 2 atom stereocenters. The van der Waals surface area contributed by atoms with Crippen molar-refractivity contribution in [2.45, 2.75) is 31.5 Å². The summed E-state index contributed by atoms with van der Waals surface area (Å²) in [6.45, 7) is 0.958. The Morgan fingerprint density at radius 3 is 2.34 bits per heavy atom. The first-order chi connectivity index (χ1) is 13.8. The first kappa shape index (κ1) is 21.4. The number of methoxy groups -OCH3 is 2. The second-order valence-corrected chi connectivity index (χ2v) is 7.52. The summed E-state index contributed by atoms with van der Waals surface area (Å²) in [5, 5.41) is 2.93. The molecule has 0 aromatic heterocycles. The lowest BCUT2D eigenvalue weighted by atomic mass is 9.65. The first-order valence-corrected chi connectivity index (χ1v) is 9.46. The lowest BCUT2D eigenvalue weighted by Crippen LogP contribution is -2.52. The molecule has 3 rings (SSSR count). The maximum Gasteiger partial charge on any atom is 0.312 e. The summed E-state index contributed by atoms with van der Waals surface area (Å²) in [5.41, 5.74) is -0.819. The van der Waals surface area contributed by atoms with E-state index in [4.69, 9.17) is 18.9 Å². The molecule has 9 heteroatoms. The van der Waals surface area contributed by atoms with Gasteiger partial charge in [0.05, 0.1) is 38.8 Å². The molecule has 2 unspecified atom stereocenters. The van der Waals surface area contributed by atoms with Crippen LogP contribution in [0, 0.1) is 23.0 Å². The van der Waals surface area contributed by atoms with E-state index in [0.717, 1.165) is 18.2 Å². The van der Waals surface area contributed by atoms with Gasteiger partial charge in [-0.3, -0.25) is 9.59 Å². The van der Waals surface area contributed by atoms with Crippen LogP contribution >= 0.6 is 0 Å². The number of esters is 2. The molecular formula is C20H25F2NO6. The molecule has 1 spiro atoms. The maximum absolute atomic E-state index is 13.4. The number of carbonyl (C=O) groups is 2. The van der Waals surface area contributed by atoms with Crippen molar-refractivity contribution in [1.82, 2.24) is 0 Å². The van der Waals surface area contributed by atoms with E-state index in [2.05, 4.69) is 5.32 Å². The standard InChI is InChI=1S/C20H25F2NO6/c1-26-17(24)13-10-19(18(25)27-2,12-20(11-13)28-5-6-29-20)3-4-23-16-8-14(21)7-15(22)9-16/h7-9,13,23H,3-6,10-12H2,1-2H3. The number of anilines is 1. The van der Waals surface area contributed by atoms with Crippen molar-refractivity contribution in [1.29, 1.82) is 0 Å². The summed E-state index contributed by atoms with van der Waals surface area (Å²) < 4.78 is 48.4. The summed E-state index contributed by atoms with van der Waals surface area (Å²) in [6.07, 6.45) is 0.972. The Labute approximate surface area is 167 Å². The van der Waals surface area contributed by atoms with Gasteiger partial charge in [0.2, 0.25) is 0 Å². The van der Waals surface area contributed by atoms with E-state index in [9.17, 15) is 18.4 Å². The molecule has 2 fully saturated rings. The molecule has 0 radical (unpaired) electrons. The van der Waals surface area contributed by atoms with Crippen molar-refractivity contribution >= 4 is 17.6 Å². The molecule has 2 aliphatic rings. The van der Waals surface area contributed by atoms with Gasteiger partial charge in [0, 0.05) is 31.1 Å². The van der Waals surface area contributed by atoms with E-state index in [-0.39, 0.29) is 31.5 Å². The van der Waals surface area contributed by atoms with Crippen molar-refractivity contribution in [2.24, 2.45) is 11.3 Å². The van der Waals surface area contributed by atoms with Crippen LogP contribution < -0.4 is 5.32 Å². The van der Waals surface area contributed by atoms with E-state index in [1.807, 2.05) is 0 Å². The van der Waals surface area contributed by atoms with Crippen LogP contribution in [0.1, 0.15) is 25.7 Å². The number of halogens is 2. The Bertz CT molecular complexity index is 747. The molecule has 29 heavy (non-hydrogen) atoms. The number of ether oxygens (including phenoxy) is 4. The van der Waals surface area contributed by atoms with Gasteiger partial charge in [0.1, 0.15) is 11.6 Å². The molecule has 1 aliphatic carbocycles. The summed E-state index contributed by atoms with van der Waals surface area (Å²) in [7, 11) is 2.57.